The topological polar surface area (TPSA) is 64.6 Å². The van der Waals surface area contributed by atoms with Crippen molar-refractivity contribution in [1.82, 2.24) is 5.32 Å². The fourth-order valence-electron chi connectivity index (χ4n) is 1.65. The zero-order valence-electron chi connectivity index (χ0n) is 12.9. The molecule has 0 aliphatic rings. The molecule has 1 amide bonds. The maximum absolute atomic E-state index is 12.1. The molecule has 0 rings (SSSR count). The second-order valence-corrected chi connectivity index (χ2v) is 5.76. The van der Waals surface area contributed by atoms with Gasteiger partial charge >= 0.3 is 5.97 Å². The summed E-state index contributed by atoms with van der Waals surface area (Å²) >= 11 is 0. The molecule has 0 saturated heterocycles. The van der Waals surface area contributed by atoms with Crippen molar-refractivity contribution in [3.8, 4) is 0 Å². The molecule has 0 aliphatic heterocycles. The predicted octanol–water partition coefficient (Wildman–Crippen LogP) is 1.75. The summed E-state index contributed by atoms with van der Waals surface area (Å²) in [6.45, 7) is 12.2. The van der Waals surface area contributed by atoms with Gasteiger partial charge < -0.3 is 14.8 Å². The molecule has 0 bridgehead atoms. The second kappa shape index (κ2) is 8.15. The molecule has 0 aromatic carbocycles. The number of hydrogen-bond donors (Lipinski definition) is 1. The number of hydrogen-bond acceptors (Lipinski definition) is 4. The molecule has 5 heteroatoms. The lowest BCUT2D eigenvalue weighted by Crippen LogP contribution is -2.44. The maximum atomic E-state index is 12.1. The van der Waals surface area contributed by atoms with Gasteiger partial charge in [0.2, 0.25) is 5.91 Å². The van der Waals surface area contributed by atoms with Crippen LogP contribution in [-0.2, 0) is 19.1 Å². The zero-order chi connectivity index (χ0) is 15.1. The fraction of sp³-hybridized carbons (Fsp3) is 0.857. The summed E-state index contributed by atoms with van der Waals surface area (Å²) in [5.74, 6) is -1.58. The third-order valence-corrected chi connectivity index (χ3v) is 2.50. The zero-order valence-corrected chi connectivity index (χ0v) is 12.9. The summed E-state index contributed by atoms with van der Waals surface area (Å²) in [6.07, 6.45) is 0.125. The van der Waals surface area contributed by atoms with Crippen molar-refractivity contribution in [2.45, 2.75) is 47.6 Å². The SMILES string of the molecule is CCOC(=O)C(C(=O)NCCOC(C)C)C(C)(C)C. The summed E-state index contributed by atoms with van der Waals surface area (Å²) in [4.78, 5) is 23.9. The van der Waals surface area contributed by atoms with Gasteiger partial charge in [-0.05, 0) is 26.2 Å². The summed E-state index contributed by atoms with van der Waals surface area (Å²) in [7, 11) is 0. The molecule has 19 heavy (non-hydrogen) atoms. The van der Waals surface area contributed by atoms with Gasteiger partial charge in [-0.3, -0.25) is 9.59 Å². The monoisotopic (exact) mass is 273 g/mol. The molecule has 0 heterocycles. The van der Waals surface area contributed by atoms with E-state index in [0.29, 0.717) is 13.2 Å². The molecule has 0 aromatic heterocycles. The Bertz CT molecular complexity index is 294. The summed E-state index contributed by atoms with van der Waals surface area (Å²) in [5, 5.41) is 2.72. The van der Waals surface area contributed by atoms with Crippen LogP contribution in [0, 0.1) is 11.3 Å². The van der Waals surface area contributed by atoms with E-state index in [1.807, 2.05) is 34.6 Å². The molecular formula is C14H27NO4. The number of carbonyl (C=O) groups is 2. The van der Waals surface area contributed by atoms with Crippen LogP contribution in [0.25, 0.3) is 0 Å². The highest BCUT2D eigenvalue weighted by molar-refractivity contribution is 5.98. The first-order valence-corrected chi connectivity index (χ1v) is 6.76. The Morgan fingerprint density at radius 2 is 1.79 bits per heavy atom. The fourth-order valence-corrected chi connectivity index (χ4v) is 1.65. The van der Waals surface area contributed by atoms with E-state index in [9.17, 15) is 9.59 Å². The van der Waals surface area contributed by atoms with Crippen LogP contribution in [0.4, 0.5) is 0 Å². The first kappa shape index (κ1) is 17.9. The van der Waals surface area contributed by atoms with Crippen LogP contribution in [0.2, 0.25) is 0 Å². The lowest BCUT2D eigenvalue weighted by molar-refractivity contribution is -0.156. The van der Waals surface area contributed by atoms with Crippen LogP contribution >= 0.6 is 0 Å². The minimum atomic E-state index is -0.800. The number of amides is 1. The number of rotatable bonds is 7. The highest BCUT2D eigenvalue weighted by Gasteiger charge is 2.38. The van der Waals surface area contributed by atoms with E-state index < -0.39 is 17.3 Å². The van der Waals surface area contributed by atoms with Crippen molar-refractivity contribution in [1.29, 1.82) is 0 Å². The molecule has 1 unspecified atom stereocenters. The van der Waals surface area contributed by atoms with Crippen LogP contribution in [0.15, 0.2) is 0 Å². The van der Waals surface area contributed by atoms with Crippen molar-refractivity contribution >= 4 is 11.9 Å². The van der Waals surface area contributed by atoms with Crippen molar-refractivity contribution in [2.75, 3.05) is 19.8 Å². The molecule has 1 N–H and O–H groups in total. The third kappa shape index (κ3) is 7.15. The average molecular weight is 273 g/mol. The minimum Gasteiger partial charge on any atom is -0.465 e. The number of carbonyl (C=O) groups excluding carboxylic acids is 2. The number of esters is 1. The van der Waals surface area contributed by atoms with Gasteiger partial charge in [0.1, 0.15) is 5.92 Å². The van der Waals surface area contributed by atoms with Gasteiger partial charge in [-0.25, -0.2) is 0 Å². The van der Waals surface area contributed by atoms with E-state index in [-0.39, 0.29) is 18.6 Å². The molecule has 0 aliphatic carbocycles. The van der Waals surface area contributed by atoms with Gasteiger partial charge in [-0.15, -0.1) is 0 Å². The molecule has 1 atom stereocenters. The molecular weight excluding hydrogens is 246 g/mol. The largest absolute Gasteiger partial charge is 0.465 e. The third-order valence-electron chi connectivity index (χ3n) is 2.50. The standard InChI is InChI=1S/C14H27NO4/c1-7-18-13(17)11(14(4,5)6)12(16)15-8-9-19-10(2)3/h10-11H,7-9H2,1-6H3,(H,15,16). The van der Waals surface area contributed by atoms with Crippen LogP contribution in [-0.4, -0.2) is 37.7 Å². The number of nitrogens with one attached hydrogen (secondary N) is 1. The Balaban J connectivity index is 4.45. The molecule has 5 nitrogen and oxygen atoms in total. The molecule has 0 spiro atoms. The van der Waals surface area contributed by atoms with Gasteiger partial charge in [-0.2, -0.15) is 0 Å². The van der Waals surface area contributed by atoms with Crippen LogP contribution in [0.5, 0.6) is 0 Å². The van der Waals surface area contributed by atoms with Crippen molar-refractivity contribution in [2.24, 2.45) is 11.3 Å². The van der Waals surface area contributed by atoms with Crippen molar-refractivity contribution in [3.63, 3.8) is 0 Å². The van der Waals surface area contributed by atoms with E-state index in [0.717, 1.165) is 0 Å². The Kier molecular flexibility index (Phi) is 7.68. The second-order valence-electron chi connectivity index (χ2n) is 5.76. The Morgan fingerprint density at radius 1 is 1.21 bits per heavy atom. The van der Waals surface area contributed by atoms with Gasteiger partial charge in [0.05, 0.1) is 19.3 Å². The first-order valence-electron chi connectivity index (χ1n) is 6.76. The average Bonchev–Trinajstić information content (AvgIpc) is 2.22. The summed E-state index contributed by atoms with van der Waals surface area (Å²) in [5.41, 5.74) is -0.477. The van der Waals surface area contributed by atoms with Crippen molar-refractivity contribution < 1.29 is 19.1 Å². The predicted molar refractivity (Wildman–Crippen MR) is 73.7 cm³/mol. The Labute approximate surface area is 116 Å². The maximum Gasteiger partial charge on any atom is 0.319 e. The summed E-state index contributed by atoms with van der Waals surface area (Å²) < 4.78 is 10.3. The van der Waals surface area contributed by atoms with Gasteiger partial charge in [0, 0.05) is 6.54 Å². The van der Waals surface area contributed by atoms with Gasteiger partial charge in [0.25, 0.3) is 0 Å². The molecule has 0 aromatic rings. The number of ether oxygens (including phenoxy) is 2. The minimum absolute atomic E-state index is 0.125. The van der Waals surface area contributed by atoms with Crippen LogP contribution < -0.4 is 5.32 Å². The van der Waals surface area contributed by atoms with E-state index >= 15 is 0 Å². The molecule has 0 radical (unpaired) electrons. The molecule has 0 fully saturated rings. The van der Waals surface area contributed by atoms with E-state index in [1.165, 1.54) is 0 Å². The van der Waals surface area contributed by atoms with E-state index in [4.69, 9.17) is 9.47 Å². The van der Waals surface area contributed by atoms with E-state index in [2.05, 4.69) is 5.32 Å². The highest BCUT2D eigenvalue weighted by atomic mass is 16.5. The normalized spacial score (nSPS) is 13.2. The Morgan fingerprint density at radius 3 is 2.21 bits per heavy atom. The van der Waals surface area contributed by atoms with Crippen LogP contribution in [0.3, 0.4) is 0 Å². The van der Waals surface area contributed by atoms with Crippen LogP contribution in [0.1, 0.15) is 41.5 Å². The van der Waals surface area contributed by atoms with Gasteiger partial charge in [0.15, 0.2) is 0 Å². The molecule has 0 saturated carbocycles. The van der Waals surface area contributed by atoms with E-state index in [1.54, 1.807) is 6.92 Å². The summed E-state index contributed by atoms with van der Waals surface area (Å²) in [6, 6.07) is 0. The quantitative estimate of drug-likeness (QED) is 0.436. The lowest BCUT2D eigenvalue weighted by Gasteiger charge is -2.27. The smallest absolute Gasteiger partial charge is 0.319 e. The highest BCUT2D eigenvalue weighted by Crippen LogP contribution is 2.27. The lowest BCUT2D eigenvalue weighted by atomic mass is 9.80. The molecule has 112 valence electrons. The van der Waals surface area contributed by atoms with Gasteiger partial charge in [-0.1, -0.05) is 20.8 Å². The Hall–Kier alpha value is -1.10. The van der Waals surface area contributed by atoms with Crippen molar-refractivity contribution in [3.05, 3.63) is 0 Å². The first-order chi connectivity index (χ1) is 8.70.